The van der Waals surface area contributed by atoms with Crippen LogP contribution in [0.5, 0.6) is 0 Å². The van der Waals surface area contributed by atoms with Gasteiger partial charge in [-0.3, -0.25) is 0 Å². The summed E-state index contributed by atoms with van der Waals surface area (Å²) in [5, 5.41) is 11.2. The Hall–Kier alpha value is -3.23. The van der Waals surface area contributed by atoms with Gasteiger partial charge in [-0.1, -0.05) is 0 Å². The van der Waals surface area contributed by atoms with Crippen molar-refractivity contribution in [1.82, 2.24) is 19.7 Å². The van der Waals surface area contributed by atoms with E-state index in [4.69, 9.17) is 0 Å². The summed E-state index contributed by atoms with van der Waals surface area (Å²) in [6.07, 6.45) is 4.76. The van der Waals surface area contributed by atoms with E-state index in [1.54, 1.807) is 12.4 Å². The molecule has 1 saturated carbocycles. The maximum absolute atomic E-state index is 14.4. The van der Waals surface area contributed by atoms with Crippen LogP contribution in [-0.4, -0.2) is 51.0 Å². The van der Waals surface area contributed by atoms with Crippen LogP contribution >= 0.6 is 0 Å². The highest BCUT2D eigenvalue weighted by Gasteiger charge is 2.30. The quantitative estimate of drug-likeness (QED) is 0.724. The molecule has 2 N–H and O–H groups in total. The van der Waals surface area contributed by atoms with Gasteiger partial charge in [0.2, 0.25) is 0 Å². The van der Waals surface area contributed by atoms with Crippen LogP contribution in [0.2, 0.25) is 0 Å². The van der Waals surface area contributed by atoms with Crippen LogP contribution in [0.15, 0.2) is 36.7 Å². The molecule has 0 radical (unpaired) electrons. The fourth-order valence-electron chi connectivity index (χ4n) is 3.14. The molecule has 1 aliphatic carbocycles. The van der Waals surface area contributed by atoms with Crippen molar-refractivity contribution in [2.75, 3.05) is 23.7 Å². The highest BCUT2D eigenvalue weighted by atomic mass is 19.1. The lowest BCUT2D eigenvalue weighted by Gasteiger charge is -2.34. The number of likely N-dealkylation sites (tertiary alicyclic amines) is 1. The number of halogens is 2. The van der Waals surface area contributed by atoms with Crippen LogP contribution in [-0.2, 0) is 0 Å². The molecule has 2 aliphatic rings. The van der Waals surface area contributed by atoms with E-state index in [2.05, 4.69) is 20.7 Å². The molecule has 7 nitrogen and oxygen atoms in total. The molecule has 1 aromatic carbocycles. The summed E-state index contributed by atoms with van der Waals surface area (Å²) in [4.78, 5) is 17.7. The predicted octanol–water partition coefficient (Wildman–Crippen LogP) is 3.32. The third-order valence-electron chi connectivity index (χ3n) is 4.88. The molecule has 3 heterocycles. The minimum Gasteiger partial charge on any atom is -0.381 e. The smallest absolute Gasteiger partial charge is 0.322 e. The average molecular weight is 384 g/mol. The summed E-state index contributed by atoms with van der Waals surface area (Å²) < 4.78 is 28.7. The van der Waals surface area contributed by atoms with Crippen molar-refractivity contribution >= 4 is 28.4 Å². The molecular weight excluding hydrogens is 366 g/mol. The minimum atomic E-state index is -0.974. The molecule has 2 aromatic heterocycles. The van der Waals surface area contributed by atoms with Gasteiger partial charge in [0.15, 0.2) is 5.65 Å². The Bertz CT molecular complexity index is 1060. The van der Waals surface area contributed by atoms with Gasteiger partial charge in [-0.2, -0.15) is 0 Å². The molecule has 1 aliphatic heterocycles. The monoisotopic (exact) mass is 384 g/mol. The lowest BCUT2D eigenvalue weighted by Crippen LogP contribution is -2.53. The van der Waals surface area contributed by atoms with E-state index in [9.17, 15) is 13.6 Å². The largest absolute Gasteiger partial charge is 0.381 e. The zero-order valence-electron chi connectivity index (χ0n) is 14.9. The number of fused-ring (bicyclic) bond motifs is 1. The molecule has 0 unspecified atom stereocenters. The first-order chi connectivity index (χ1) is 13.5. The highest BCUT2D eigenvalue weighted by Crippen LogP contribution is 2.27. The molecule has 5 rings (SSSR count). The molecule has 3 aromatic rings. The number of rotatable bonds is 4. The van der Waals surface area contributed by atoms with Crippen LogP contribution in [0.1, 0.15) is 12.8 Å². The van der Waals surface area contributed by atoms with Crippen molar-refractivity contribution in [3.05, 3.63) is 42.5 Å². The number of alkyl halides is 1. The van der Waals surface area contributed by atoms with Crippen molar-refractivity contribution in [2.24, 2.45) is 0 Å². The molecule has 28 heavy (non-hydrogen) atoms. The number of carbonyl (C=O) groups is 1. The first-order valence-corrected chi connectivity index (χ1v) is 9.17. The summed E-state index contributed by atoms with van der Waals surface area (Å²) in [5.74, 6) is -0.477. The normalized spacial score (nSPS) is 16.9. The second kappa shape index (κ2) is 6.43. The van der Waals surface area contributed by atoms with Gasteiger partial charge < -0.3 is 15.5 Å². The lowest BCUT2D eigenvalue weighted by atomic mass is 10.2. The molecule has 1 saturated heterocycles. The predicted molar refractivity (Wildman–Crippen MR) is 101 cm³/mol. The van der Waals surface area contributed by atoms with Gasteiger partial charge in [0.1, 0.15) is 17.7 Å². The van der Waals surface area contributed by atoms with E-state index in [-0.39, 0.29) is 18.8 Å². The second-order valence-electron chi connectivity index (χ2n) is 7.23. The number of nitrogens with one attached hydrogen (secondary N) is 2. The summed E-state index contributed by atoms with van der Waals surface area (Å²) in [6.45, 7) is 0.153. The Labute approximate surface area is 159 Å². The van der Waals surface area contributed by atoms with Crippen molar-refractivity contribution in [3.8, 4) is 5.69 Å². The molecule has 0 atom stereocenters. The van der Waals surface area contributed by atoms with E-state index in [0.29, 0.717) is 17.4 Å². The Morgan fingerprint density at radius 2 is 2.00 bits per heavy atom. The third-order valence-corrected chi connectivity index (χ3v) is 4.88. The van der Waals surface area contributed by atoms with Gasteiger partial charge in [-0.25, -0.2) is 23.2 Å². The Kier molecular flexibility index (Phi) is 3.88. The molecule has 2 fully saturated rings. The van der Waals surface area contributed by atoms with Gasteiger partial charge in [-0.05, 0) is 37.1 Å². The standard InChI is InChI=1S/C19H18F2N6O/c20-12-9-26(10-12)19(28)24-14-3-4-16(21)17(6-14)27-8-11-5-15(23-13-1-2-13)7-22-18(11)25-27/h3-8,12-13,23H,1-2,9-10H2,(H,24,28). The van der Waals surface area contributed by atoms with Crippen molar-refractivity contribution in [3.63, 3.8) is 0 Å². The molecule has 144 valence electrons. The van der Waals surface area contributed by atoms with E-state index in [1.807, 2.05) is 6.07 Å². The van der Waals surface area contributed by atoms with Gasteiger partial charge in [0, 0.05) is 23.3 Å². The number of carbonyl (C=O) groups excluding carboxylic acids is 1. The second-order valence-corrected chi connectivity index (χ2v) is 7.23. The van der Waals surface area contributed by atoms with Gasteiger partial charge in [0.05, 0.1) is 25.0 Å². The Morgan fingerprint density at radius 3 is 2.75 bits per heavy atom. The number of amides is 2. The third kappa shape index (κ3) is 3.23. The van der Waals surface area contributed by atoms with Crippen molar-refractivity contribution < 1.29 is 13.6 Å². The summed E-state index contributed by atoms with van der Waals surface area (Å²) in [7, 11) is 0. The van der Waals surface area contributed by atoms with Gasteiger partial charge >= 0.3 is 6.03 Å². The zero-order valence-corrected chi connectivity index (χ0v) is 14.9. The van der Waals surface area contributed by atoms with Crippen LogP contribution in [0, 0.1) is 5.82 Å². The number of benzene rings is 1. The van der Waals surface area contributed by atoms with Crippen LogP contribution < -0.4 is 10.6 Å². The lowest BCUT2D eigenvalue weighted by molar-refractivity contribution is 0.0974. The highest BCUT2D eigenvalue weighted by molar-refractivity contribution is 5.90. The van der Waals surface area contributed by atoms with E-state index < -0.39 is 18.0 Å². The van der Waals surface area contributed by atoms with Gasteiger partial charge in [-0.15, -0.1) is 5.10 Å². The van der Waals surface area contributed by atoms with E-state index in [1.165, 1.54) is 27.8 Å². The Balaban J connectivity index is 1.40. The Morgan fingerprint density at radius 1 is 1.18 bits per heavy atom. The maximum atomic E-state index is 14.4. The van der Waals surface area contributed by atoms with E-state index >= 15 is 0 Å². The number of aromatic nitrogens is 3. The summed E-state index contributed by atoms with van der Waals surface area (Å²) in [5.41, 5.74) is 2.02. The van der Waals surface area contributed by atoms with E-state index in [0.717, 1.165) is 23.9 Å². The van der Waals surface area contributed by atoms with Crippen molar-refractivity contribution in [1.29, 1.82) is 0 Å². The maximum Gasteiger partial charge on any atom is 0.322 e. The van der Waals surface area contributed by atoms with Gasteiger partial charge in [0.25, 0.3) is 0 Å². The topological polar surface area (TPSA) is 75.1 Å². The summed E-state index contributed by atoms with van der Waals surface area (Å²) >= 11 is 0. The first-order valence-electron chi connectivity index (χ1n) is 9.17. The number of hydrogen-bond acceptors (Lipinski definition) is 4. The first kappa shape index (κ1) is 16.9. The number of nitrogens with zero attached hydrogens (tertiary/aromatic N) is 4. The zero-order chi connectivity index (χ0) is 19.3. The van der Waals surface area contributed by atoms with Crippen molar-refractivity contribution in [2.45, 2.75) is 25.1 Å². The number of anilines is 2. The molecule has 0 bridgehead atoms. The minimum absolute atomic E-state index is 0.0767. The molecule has 9 heteroatoms. The fraction of sp³-hybridized carbons (Fsp3) is 0.316. The molecule has 2 amide bonds. The number of pyridine rings is 1. The fourth-order valence-corrected chi connectivity index (χ4v) is 3.14. The summed E-state index contributed by atoms with van der Waals surface area (Å²) in [6, 6.07) is 6.25. The van der Waals surface area contributed by atoms with Crippen LogP contribution in [0.25, 0.3) is 16.7 Å². The van der Waals surface area contributed by atoms with Crippen LogP contribution in [0.4, 0.5) is 25.0 Å². The number of hydrogen-bond donors (Lipinski definition) is 2. The molecular formula is C19H18F2N6O. The SMILES string of the molecule is O=C(Nc1ccc(F)c(-n2cc3cc(NC4CC4)cnc3n2)c1)N1CC(F)C1. The van der Waals surface area contributed by atoms with Crippen LogP contribution in [0.3, 0.4) is 0 Å². The number of urea groups is 1. The average Bonchev–Trinajstić information content (AvgIpc) is 3.36. The molecule has 0 spiro atoms.